The SMILES string of the molecule is COc1cc(OC)cc(C(NC(=O)Cc2csc(-c3ccccc3)n2)c2nccn2C)c1. The van der Waals surface area contributed by atoms with Crippen molar-refractivity contribution in [1.29, 1.82) is 0 Å². The number of methoxy groups -OCH3 is 2. The van der Waals surface area contributed by atoms with Gasteiger partial charge in [0.1, 0.15) is 28.4 Å². The minimum atomic E-state index is -0.473. The highest BCUT2D eigenvalue weighted by Gasteiger charge is 2.23. The molecule has 7 nitrogen and oxygen atoms in total. The number of benzene rings is 2. The van der Waals surface area contributed by atoms with Crippen molar-refractivity contribution in [2.75, 3.05) is 14.2 Å². The van der Waals surface area contributed by atoms with Gasteiger partial charge in [0, 0.05) is 36.5 Å². The van der Waals surface area contributed by atoms with Gasteiger partial charge < -0.3 is 19.4 Å². The third-order valence-electron chi connectivity index (χ3n) is 5.04. The van der Waals surface area contributed by atoms with Crippen LogP contribution >= 0.6 is 11.3 Å². The van der Waals surface area contributed by atoms with Gasteiger partial charge in [-0.15, -0.1) is 11.3 Å². The van der Waals surface area contributed by atoms with Crippen LogP contribution in [0.3, 0.4) is 0 Å². The van der Waals surface area contributed by atoms with Crippen molar-refractivity contribution in [3.63, 3.8) is 0 Å². The van der Waals surface area contributed by atoms with E-state index in [-0.39, 0.29) is 12.3 Å². The average Bonchev–Trinajstić information content (AvgIpc) is 3.46. The van der Waals surface area contributed by atoms with Crippen LogP contribution in [0.4, 0.5) is 0 Å². The second-order valence-corrected chi connectivity index (χ2v) is 8.09. The molecule has 1 unspecified atom stereocenters. The summed E-state index contributed by atoms with van der Waals surface area (Å²) in [5.41, 5.74) is 2.58. The second-order valence-electron chi connectivity index (χ2n) is 7.23. The molecular weight excluding hydrogens is 424 g/mol. The van der Waals surface area contributed by atoms with Gasteiger partial charge in [-0.3, -0.25) is 4.79 Å². The van der Waals surface area contributed by atoms with E-state index in [0.29, 0.717) is 17.3 Å². The first-order chi connectivity index (χ1) is 15.6. The zero-order chi connectivity index (χ0) is 22.5. The third kappa shape index (κ3) is 4.81. The second kappa shape index (κ2) is 9.65. The van der Waals surface area contributed by atoms with Gasteiger partial charge in [0.2, 0.25) is 5.91 Å². The number of hydrogen-bond acceptors (Lipinski definition) is 6. The molecule has 8 heteroatoms. The Kier molecular flexibility index (Phi) is 6.51. The van der Waals surface area contributed by atoms with Crippen LogP contribution < -0.4 is 14.8 Å². The summed E-state index contributed by atoms with van der Waals surface area (Å²) >= 11 is 1.53. The maximum Gasteiger partial charge on any atom is 0.226 e. The van der Waals surface area contributed by atoms with Crippen LogP contribution in [0.2, 0.25) is 0 Å². The minimum absolute atomic E-state index is 0.148. The van der Waals surface area contributed by atoms with E-state index >= 15 is 0 Å². The van der Waals surface area contributed by atoms with Gasteiger partial charge in [-0.05, 0) is 17.7 Å². The summed E-state index contributed by atoms with van der Waals surface area (Å²) in [7, 11) is 5.09. The number of aromatic nitrogens is 3. The molecule has 2 aromatic carbocycles. The molecule has 0 aliphatic heterocycles. The van der Waals surface area contributed by atoms with Crippen molar-refractivity contribution < 1.29 is 14.3 Å². The lowest BCUT2D eigenvalue weighted by Gasteiger charge is -2.20. The van der Waals surface area contributed by atoms with Crippen molar-refractivity contribution in [2.45, 2.75) is 12.5 Å². The Bertz CT molecular complexity index is 1180. The number of hydrogen-bond donors (Lipinski definition) is 1. The normalized spacial score (nSPS) is 11.7. The largest absolute Gasteiger partial charge is 0.497 e. The Morgan fingerprint density at radius 2 is 1.84 bits per heavy atom. The molecule has 1 N–H and O–H groups in total. The minimum Gasteiger partial charge on any atom is -0.497 e. The highest BCUT2D eigenvalue weighted by Crippen LogP contribution is 2.30. The molecule has 32 heavy (non-hydrogen) atoms. The summed E-state index contributed by atoms with van der Waals surface area (Å²) in [5.74, 6) is 1.83. The molecule has 0 aliphatic rings. The lowest BCUT2D eigenvalue weighted by atomic mass is 10.0. The van der Waals surface area contributed by atoms with E-state index in [4.69, 9.17) is 9.47 Å². The Morgan fingerprint density at radius 1 is 1.12 bits per heavy atom. The lowest BCUT2D eigenvalue weighted by Crippen LogP contribution is -2.32. The first-order valence-corrected chi connectivity index (χ1v) is 10.9. The van der Waals surface area contributed by atoms with Gasteiger partial charge in [-0.1, -0.05) is 30.3 Å². The number of amides is 1. The van der Waals surface area contributed by atoms with Gasteiger partial charge in [0.15, 0.2) is 0 Å². The zero-order valence-electron chi connectivity index (χ0n) is 18.1. The van der Waals surface area contributed by atoms with Gasteiger partial charge in [0.25, 0.3) is 0 Å². The lowest BCUT2D eigenvalue weighted by molar-refractivity contribution is -0.121. The van der Waals surface area contributed by atoms with E-state index in [2.05, 4.69) is 15.3 Å². The Balaban J connectivity index is 1.58. The van der Waals surface area contributed by atoms with Crippen molar-refractivity contribution in [3.8, 4) is 22.1 Å². The molecule has 1 atom stereocenters. The van der Waals surface area contributed by atoms with Crippen LogP contribution in [0.25, 0.3) is 10.6 Å². The predicted octanol–water partition coefficient (Wildman–Crippen LogP) is 4.01. The molecular formula is C24H24N4O3S. The molecule has 4 aromatic rings. The number of thiazole rings is 1. The molecule has 164 valence electrons. The van der Waals surface area contributed by atoms with Crippen molar-refractivity contribution in [3.05, 3.63) is 83.4 Å². The number of nitrogens with one attached hydrogen (secondary N) is 1. The third-order valence-corrected chi connectivity index (χ3v) is 5.98. The van der Waals surface area contributed by atoms with E-state index < -0.39 is 6.04 Å². The molecule has 0 fully saturated rings. The first-order valence-electron chi connectivity index (χ1n) is 10.1. The Morgan fingerprint density at radius 3 is 2.47 bits per heavy atom. The molecule has 2 heterocycles. The van der Waals surface area contributed by atoms with Gasteiger partial charge >= 0.3 is 0 Å². The number of rotatable bonds is 8. The zero-order valence-corrected chi connectivity index (χ0v) is 18.9. The maximum atomic E-state index is 13.0. The number of aryl methyl sites for hydroxylation is 1. The van der Waals surface area contributed by atoms with Crippen LogP contribution in [0.5, 0.6) is 11.5 Å². The fraction of sp³-hybridized carbons (Fsp3) is 0.208. The Hall–Kier alpha value is -3.65. The number of nitrogens with zero attached hydrogens (tertiary/aromatic N) is 3. The summed E-state index contributed by atoms with van der Waals surface area (Å²) in [6.45, 7) is 0. The van der Waals surface area contributed by atoms with Gasteiger partial charge in [0.05, 0.1) is 26.3 Å². The highest BCUT2D eigenvalue weighted by atomic mass is 32.1. The number of carbonyl (C=O) groups is 1. The van der Waals surface area contributed by atoms with Crippen LogP contribution in [0, 0.1) is 0 Å². The first kappa shape index (κ1) is 21.6. The van der Waals surface area contributed by atoms with Crippen LogP contribution in [-0.2, 0) is 18.3 Å². The molecule has 4 rings (SSSR count). The molecule has 2 aromatic heterocycles. The summed E-state index contributed by atoms with van der Waals surface area (Å²) < 4.78 is 12.7. The van der Waals surface area contributed by atoms with E-state index in [0.717, 1.165) is 21.8 Å². The van der Waals surface area contributed by atoms with Crippen molar-refractivity contribution in [2.24, 2.45) is 7.05 Å². The molecule has 0 bridgehead atoms. The maximum absolute atomic E-state index is 13.0. The summed E-state index contributed by atoms with van der Waals surface area (Å²) in [4.78, 5) is 22.1. The molecule has 0 spiro atoms. The number of ether oxygens (including phenoxy) is 2. The number of carbonyl (C=O) groups excluding carboxylic acids is 1. The van der Waals surface area contributed by atoms with Crippen LogP contribution in [-0.4, -0.2) is 34.7 Å². The topological polar surface area (TPSA) is 78.3 Å². The van der Waals surface area contributed by atoms with Crippen molar-refractivity contribution in [1.82, 2.24) is 19.9 Å². The molecule has 0 saturated carbocycles. The molecule has 0 aliphatic carbocycles. The standard InChI is InChI=1S/C24H24N4O3S/c1-28-10-9-25-23(28)22(17-11-19(30-2)14-20(12-17)31-3)27-21(29)13-18-15-32-24(26-18)16-7-5-4-6-8-16/h4-12,14-15,22H,13H2,1-3H3,(H,27,29). The fourth-order valence-corrected chi connectivity index (χ4v) is 4.25. The summed E-state index contributed by atoms with van der Waals surface area (Å²) in [6.07, 6.45) is 3.72. The van der Waals surface area contributed by atoms with Crippen LogP contribution in [0.15, 0.2) is 66.3 Å². The highest BCUT2D eigenvalue weighted by molar-refractivity contribution is 7.13. The van der Waals surface area contributed by atoms with Gasteiger partial charge in [-0.25, -0.2) is 9.97 Å². The van der Waals surface area contributed by atoms with Crippen LogP contribution in [0.1, 0.15) is 23.1 Å². The average molecular weight is 449 g/mol. The predicted molar refractivity (Wildman–Crippen MR) is 124 cm³/mol. The van der Waals surface area contributed by atoms with E-state index in [1.54, 1.807) is 26.5 Å². The Labute approximate surface area is 190 Å². The van der Waals surface area contributed by atoms with Crippen molar-refractivity contribution >= 4 is 17.2 Å². The monoisotopic (exact) mass is 448 g/mol. The molecule has 1 amide bonds. The quantitative estimate of drug-likeness (QED) is 0.441. The molecule has 0 radical (unpaired) electrons. The smallest absolute Gasteiger partial charge is 0.226 e. The van der Waals surface area contributed by atoms with E-state index in [9.17, 15) is 4.79 Å². The van der Waals surface area contributed by atoms with E-state index in [1.165, 1.54) is 11.3 Å². The van der Waals surface area contributed by atoms with E-state index in [1.807, 2.05) is 65.7 Å². The van der Waals surface area contributed by atoms with Gasteiger partial charge in [-0.2, -0.15) is 0 Å². The molecule has 0 saturated heterocycles. The summed E-state index contributed by atoms with van der Waals surface area (Å²) in [6, 6.07) is 15.0. The number of imidazole rings is 1. The fourth-order valence-electron chi connectivity index (χ4n) is 3.43. The summed E-state index contributed by atoms with van der Waals surface area (Å²) in [5, 5.41) is 5.93.